The van der Waals surface area contributed by atoms with Gasteiger partial charge < -0.3 is 20.1 Å². The van der Waals surface area contributed by atoms with E-state index in [-0.39, 0.29) is 16.8 Å². The molecule has 0 spiro atoms. The maximum absolute atomic E-state index is 12.7. The second-order valence-corrected chi connectivity index (χ2v) is 6.54. The third-order valence-electron chi connectivity index (χ3n) is 4.68. The minimum absolute atomic E-state index is 0.108. The Bertz CT molecular complexity index is 907. The van der Waals surface area contributed by atoms with Gasteiger partial charge >= 0.3 is 5.97 Å². The van der Waals surface area contributed by atoms with Gasteiger partial charge in [-0.3, -0.25) is 14.9 Å². The molecule has 9 nitrogen and oxygen atoms in total. The average molecular weight is 399 g/mol. The van der Waals surface area contributed by atoms with Gasteiger partial charge in [0.15, 0.2) is 0 Å². The second-order valence-electron chi connectivity index (χ2n) is 6.54. The van der Waals surface area contributed by atoms with Gasteiger partial charge in [0.25, 0.3) is 11.6 Å². The minimum Gasteiger partial charge on any atom is -0.478 e. The van der Waals surface area contributed by atoms with Gasteiger partial charge in [0, 0.05) is 25.7 Å². The van der Waals surface area contributed by atoms with Gasteiger partial charge in [0.05, 0.1) is 29.3 Å². The number of amides is 1. The quantitative estimate of drug-likeness (QED) is 0.540. The normalized spacial score (nSPS) is 13.7. The number of nitrogens with one attached hydrogen (secondary N) is 1. The predicted molar refractivity (Wildman–Crippen MR) is 106 cm³/mol. The molecule has 0 unspecified atom stereocenters. The third kappa shape index (κ3) is 4.88. The van der Waals surface area contributed by atoms with Crippen LogP contribution in [0.3, 0.4) is 0 Å². The molecule has 0 aliphatic carbocycles. The molecule has 2 aromatic rings. The number of benzene rings is 2. The fourth-order valence-corrected chi connectivity index (χ4v) is 3.21. The molecule has 3 rings (SSSR count). The van der Waals surface area contributed by atoms with Crippen molar-refractivity contribution < 1.29 is 24.4 Å². The largest absolute Gasteiger partial charge is 0.478 e. The van der Waals surface area contributed by atoms with Crippen LogP contribution in [0.15, 0.2) is 42.5 Å². The Morgan fingerprint density at radius 1 is 1.14 bits per heavy atom. The Labute approximate surface area is 167 Å². The van der Waals surface area contributed by atoms with E-state index in [1.165, 1.54) is 24.3 Å². The molecular weight excluding hydrogens is 378 g/mol. The Hall–Kier alpha value is -3.46. The number of carbonyl (C=O) groups is 2. The number of hydrogen-bond donors (Lipinski definition) is 2. The molecule has 0 atom stereocenters. The number of nitro benzene ring substituents is 1. The Morgan fingerprint density at radius 3 is 2.45 bits per heavy atom. The highest BCUT2D eigenvalue weighted by molar-refractivity contribution is 6.02. The number of rotatable bonds is 7. The number of ether oxygens (including phenoxy) is 1. The zero-order chi connectivity index (χ0) is 20.8. The number of carbonyl (C=O) groups excluding carboxylic acids is 1. The summed E-state index contributed by atoms with van der Waals surface area (Å²) in [6, 6.07) is 10.9. The lowest BCUT2D eigenvalue weighted by molar-refractivity contribution is -0.384. The van der Waals surface area contributed by atoms with Crippen molar-refractivity contribution >= 4 is 23.3 Å². The van der Waals surface area contributed by atoms with E-state index in [4.69, 9.17) is 9.84 Å². The summed E-state index contributed by atoms with van der Waals surface area (Å²) in [5.41, 5.74) is 1.53. The molecule has 1 saturated heterocycles. The first kappa shape index (κ1) is 20.3. The summed E-state index contributed by atoms with van der Waals surface area (Å²) >= 11 is 0. The van der Waals surface area contributed by atoms with Crippen LogP contribution in [-0.2, 0) is 11.2 Å². The molecule has 29 heavy (non-hydrogen) atoms. The van der Waals surface area contributed by atoms with Crippen molar-refractivity contribution in [3.63, 3.8) is 0 Å². The van der Waals surface area contributed by atoms with Crippen LogP contribution in [-0.4, -0.2) is 54.8 Å². The van der Waals surface area contributed by atoms with E-state index in [1.807, 2.05) is 0 Å². The summed E-state index contributed by atoms with van der Waals surface area (Å²) in [5, 5.41) is 23.2. The molecule has 1 fully saturated rings. The number of para-hydroxylation sites is 1. The molecular formula is C20H21N3O6. The molecule has 0 radical (unpaired) electrons. The molecule has 2 aromatic carbocycles. The van der Waals surface area contributed by atoms with E-state index in [0.29, 0.717) is 45.0 Å². The van der Waals surface area contributed by atoms with Crippen LogP contribution in [0.1, 0.15) is 26.3 Å². The SMILES string of the molecule is O=C(O)c1ccc(CCNC(=O)c2cccc([N+](=O)[O-])c2N2CCOCC2)cc1. The van der Waals surface area contributed by atoms with E-state index in [0.717, 1.165) is 5.56 Å². The minimum atomic E-state index is -0.994. The van der Waals surface area contributed by atoms with Gasteiger partial charge in [0.2, 0.25) is 0 Å². The first-order chi connectivity index (χ1) is 14.0. The number of carboxylic acids is 1. The monoisotopic (exact) mass is 399 g/mol. The smallest absolute Gasteiger partial charge is 0.335 e. The first-order valence-electron chi connectivity index (χ1n) is 9.18. The highest BCUT2D eigenvalue weighted by atomic mass is 16.6. The summed E-state index contributed by atoms with van der Waals surface area (Å²) in [4.78, 5) is 36.5. The summed E-state index contributed by atoms with van der Waals surface area (Å²) in [7, 11) is 0. The lowest BCUT2D eigenvalue weighted by Crippen LogP contribution is -2.38. The Kier molecular flexibility index (Phi) is 6.40. The lowest BCUT2D eigenvalue weighted by atomic mass is 10.1. The molecule has 1 aliphatic rings. The van der Waals surface area contributed by atoms with Crippen LogP contribution >= 0.6 is 0 Å². The van der Waals surface area contributed by atoms with Gasteiger partial charge in [0.1, 0.15) is 5.69 Å². The van der Waals surface area contributed by atoms with Gasteiger partial charge in [-0.2, -0.15) is 0 Å². The van der Waals surface area contributed by atoms with Crippen molar-refractivity contribution in [2.45, 2.75) is 6.42 Å². The molecule has 9 heteroatoms. The fourth-order valence-electron chi connectivity index (χ4n) is 3.21. The van der Waals surface area contributed by atoms with E-state index >= 15 is 0 Å². The standard InChI is InChI=1S/C20H21N3O6/c24-19(21-9-8-14-4-6-15(7-5-14)20(25)26)16-2-1-3-17(23(27)28)18(16)22-10-12-29-13-11-22/h1-7H,8-13H2,(H,21,24)(H,25,26). The zero-order valence-electron chi connectivity index (χ0n) is 15.7. The molecule has 1 heterocycles. The lowest BCUT2D eigenvalue weighted by Gasteiger charge is -2.29. The number of nitro groups is 1. The zero-order valence-corrected chi connectivity index (χ0v) is 15.7. The van der Waals surface area contributed by atoms with Crippen LogP contribution in [0.5, 0.6) is 0 Å². The highest BCUT2D eigenvalue weighted by Gasteiger charge is 2.27. The number of morpholine rings is 1. The molecule has 0 bridgehead atoms. The number of aromatic carboxylic acids is 1. The van der Waals surface area contributed by atoms with Gasteiger partial charge in [-0.25, -0.2) is 4.79 Å². The molecule has 0 saturated carbocycles. The van der Waals surface area contributed by atoms with E-state index in [1.54, 1.807) is 23.1 Å². The predicted octanol–water partition coefficient (Wildman–Crippen LogP) is 2.10. The van der Waals surface area contributed by atoms with Crippen molar-refractivity contribution in [3.8, 4) is 0 Å². The topological polar surface area (TPSA) is 122 Å². The number of anilines is 1. The number of carboxylic acid groups (broad SMARTS) is 1. The number of nitrogens with zero attached hydrogens (tertiary/aromatic N) is 2. The van der Waals surface area contributed by atoms with Gasteiger partial charge in [-0.1, -0.05) is 18.2 Å². The van der Waals surface area contributed by atoms with Crippen molar-refractivity contribution in [3.05, 3.63) is 69.3 Å². The van der Waals surface area contributed by atoms with Crippen molar-refractivity contribution in [1.82, 2.24) is 5.32 Å². The second kappa shape index (κ2) is 9.16. The average Bonchev–Trinajstić information content (AvgIpc) is 2.74. The van der Waals surface area contributed by atoms with Crippen LogP contribution < -0.4 is 10.2 Å². The summed E-state index contributed by atoms with van der Waals surface area (Å²) in [5.74, 6) is -1.39. The molecule has 0 aromatic heterocycles. The van der Waals surface area contributed by atoms with Crippen molar-refractivity contribution in [2.24, 2.45) is 0 Å². The summed E-state index contributed by atoms with van der Waals surface area (Å²) < 4.78 is 5.31. The first-order valence-corrected chi connectivity index (χ1v) is 9.18. The van der Waals surface area contributed by atoms with Crippen molar-refractivity contribution in [1.29, 1.82) is 0 Å². The molecule has 1 amide bonds. The van der Waals surface area contributed by atoms with E-state index in [9.17, 15) is 19.7 Å². The fraction of sp³-hybridized carbons (Fsp3) is 0.300. The molecule has 152 valence electrons. The van der Waals surface area contributed by atoms with Gasteiger partial charge in [-0.15, -0.1) is 0 Å². The van der Waals surface area contributed by atoms with Crippen LogP contribution in [0.2, 0.25) is 0 Å². The van der Waals surface area contributed by atoms with E-state index in [2.05, 4.69) is 5.32 Å². The molecule has 2 N–H and O–H groups in total. The maximum Gasteiger partial charge on any atom is 0.335 e. The highest BCUT2D eigenvalue weighted by Crippen LogP contribution is 2.32. The summed E-state index contributed by atoms with van der Waals surface area (Å²) in [6.45, 7) is 2.15. The summed E-state index contributed by atoms with van der Waals surface area (Å²) in [6.07, 6.45) is 0.507. The molecule has 1 aliphatic heterocycles. The maximum atomic E-state index is 12.7. The Morgan fingerprint density at radius 2 is 1.83 bits per heavy atom. The number of hydrogen-bond acceptors (Lipinski definition) is 6. The Balaban J connectivity index is 1.72. The van der Waals surface area contributed by atoms with E-state index < -0.39 is 16.8 Å². The third-order valence-corrected chi connectivity index (χ3v) is 4.68. The van der Waals surface area contributed by atoms with Gasteiger partial charge in [-0.05, 0) is 30.2 Å². The van der Waals surface area contributed by atoms with Crippen LogP contribution in [0, 0.1) is 10.1 Å². The van der Waals surface area contributed by atoms with Crippen molar-refractivity contribution in [2.75, 3.05) is 37.7 Å². The van der Waals surface area contributed by atoms with Crippen LogP contribution in [0.4, 0.5) is 11.4 Å². The van der Waals surface area contributed by atoms with Crippen LogP contribution in [0.25, 0.3) is 0 Å².